The summed E-state index contributed by atoms with van der Waals surface area (Å²) in [7, 11) is 0. The third kappa shape index (κ3) is 4.86. The third-order valence-corrected chi connectivity index (χ3v) is 7.23. The van der Waals surface area contributed by atoms with Crippen LogP contribution in [-0.4, -0.2) is 65.0 Å². The average molecular weight is 480 g/mol. The molecule has 1 saturated carbocycles. The number of nitrogens with zero attached hydrogens (tertiary/aromatic N) is 1. The van der Waals surface area contributed by atoms with Crippen LogP contribution in [0, 0.1) is 5.92 Å². The number of carbonyl (C=O) groups excluding carboxylic acids is 4. The van der Waals surface area contributed by atoms with Crippen molar-refractivity contribution in [2.24, 2.45) is 5.92 Å². The molecule has 1 spiro atoms. The maximum atomic E-state index is 13.5. The average Bonchev–Trinajstić information content (AvgIpc) is 2.81. The lowest BCUT2D eigenvalue weighted by Gasteiger charge is -2.51. The van der Waals surface area contributed by atoms with Gasteiger partial charge in [-0.15, -0.1) is 0 Å². The Hall–Kier alpha value is -3.46. The molecule has 2 aromatic carbocycles. The molecule has 3 N–H and O–H groups in total. The molecule has 4 amide bonds. The van der Waals surface area contributed by atoms with Gasteiger partial charge in [0.1, 0.15) is 5.75 Å². The number of imide groups is 1. The number of ether oxygens (including phenoxy) is 1. The number of hydrogen-bond acceptors (Lipinski definition) is 6. The van der Waals surface area contributed by atoms with E-state index in [1.165, 1.54) is 0 Å². The van der Waals surface area contributed by atoms with E-state index in [1.807, 2.05) is 24.3 Å². The minimum Gasteiger partial charge on any atom is -0.506 e. The zero-order chi connectivity index (χ0) is 24.6. The molecule has 35 heavy (non-hydrogen) atoms. The Morgan fingerprint density at radius 1 is 1.11 bits per heavy atom. The molecule has 9 heteroatoms. The Balaban J connectivity index is 1.25. The quantitative estimate of drug-likeness (QED) is 0.563. The second-order valence-electron chi connectivity index (χ2n) is 9.90. The fourth-order valence-corrected chi connectivity index (χ4v) is 5.35. The molecule has 184 valence electrons. The van der Waals surface area contributed by atoms with E-state index in [9.17, 15) is 24.3 Å². The summed E-state index contributed by atoms with van der Waals surface area (Å²) in [5.41, 5.74) is -0.174. The number of hydrogen-bond donors (Lipinski definition) is 3. The van der Waals surface area contributed by atoms with E-state index in [0.29, 0.717) is 11.9 Å². The van der Waals surface area contributed by atoms with Crippen LogP contribution in [-0.2, 0) is 19.1 Å². The highest BCUT2D eigenvalue weighted by Gasteiger charge is 2.46. The SMILES string of the molecule is O=C(CC1CC(=O)NC(=O)C1)NCC1CN(C(=O)c2ccc3ccccc3c2O)CC2(CCC2)O1. The molecule has 2 aliphatic heterocycles. The van der Waals surface area contributed by atoms with Crippen LogP contribution in [0.5, 0.6) is 5.75 Å². The fourth-order valence-electron chi connectivity index (χ4n) is 5.35. The van der Waals surface area contributed by atoms with E-state index in [2.05, 4.69) is 10.6 Å². The summed E-state index contributed by atoms with van der Waals surface area (Å²) in [4.78, 5) is 50.8. The largest absolute Gasteiger partial charge is 0.506 e. The number of piperidine rings is 1. The van der Waals surface area contributed by atoms with E-state index in [1.54, 1.807) is 17.0 Å². The number of aromatic hydroxyl groups is 1. The van der Waals surface area contributed by atoms with Crippen molar-refractivity contribution in [2.45, 2.75) is 50.2 Å². The molecule has 2 aromatic rings. The molecule has 2 heterocycles. The minimum absolute atomic E-state index is 0.0295. The summed E-state index contributed by atoms with van der Waals surface area (Å²) in [6.45, 7) is 0.959. The van der Waals surface area contributed by atoms with Gasteiger partial charge in [-0.3, -0.25) is 24.5 Å². The lowest BCUT2D eigenvalue weighted by atomic mass is 9.78. The van der Waals surface area contributed by atoms with Crippen molar-refractivity contribution in [1.29, 1.82) is 0 Å². The van der Waals surface area contributed by atoms with Gasteiger partial charge < -0.3 is 20.1 Å². The van der Waals surface area contributed by atoms with Crippen molar-refractivity contribution in [3.8, 4) is 5.75 Å². The standard InChI is InChI=1S/C26H29N3O6/c30-21(10-16-11-22(31)28-23(32)12-16)27-13-18-14-29(15-26(35-18)8-3-9-26)25(34)20-7-6-17-4-1-2-5-19(17)24(20)33/h1-2,4-7,16,18,33H,3,8-15H2,(H,27,30)(H,28,31,32). The summed E-state index contributed by atoms with van der Waals surface area (Å²) < 4.78 is 6.31. The van der Waals surface area contributed by atoms with Crippen LogP contribution < -0.4 is 10.6 Å². The number of benzene rings is 2. The molecular weight excluding hydrogens is 450 g/mol. The number of phenols is 1. The van der Waals surface area contributed by atoms with E-state index in [-0.39, 0.29) is 73.2 Å². The monoisotopic (exact) mass is 479 g/mol. The number of morpholine rings is 1. The normalized spacial score (nSPS) is 22.1. The van der Waals surface area contributed by atoms with E-state index >= 15 is 0 Å². The first-order valence-electron chi connectivity index (χ1n) is 12.1. The zero-order valence-electron chi connectivity index (χ0n) is 19.4. The van der Waals surface area contributed by atoms with Crippen molar-refractivity contribution < 1.29 is 29.0 Å². The predicted octanol–water partition coefficient (Wildman–Crippen LogP) is 1.87. The summed E-state index contributed by atoms with van der Waals surface area (Å²) in [6.07, 6.45) is 2.69. The van der Waals surface area contributed by atoms with Gasteiger partial charge in [-0.05, 0) is 36.6 Å². The second kappa shape index (κ2) is 9.30. The number of rotatable bonds is 5. The lowest BCUT2D eigenvalue weighted by Crippen LogP contribution is -2.62. The van der Waals surface area contributed by atoms with Crippen LogP contribution in [0.2, 0.25) is 0 Å². The van der Waals surface area contributed by atoms with E-state index < -0.39 is 11.7 Å². The van der Waals surface area contributed by atoms with Crippen molar-refractivity contribution in [1.82, 2.24) is 15.5 Å². The summed E-state index contributed by atoms with van der Waals surface area (Å²) in [5, 5.41) is 17.4. The first-order valence-corrected chi connectivity index (χ1v) is 12.1. The Kier molecular flexibility index (Phi) is 6.19. The highest BCUT2D eigenvalue weighted by Crippen LogP contribution is 2.40. The molecule has 2 saturated heterocycles. The van der Waals surface area contributed by atoms with Crippen LogP contribution in [0.3, 0.4) is 0 Å². The summed E-state index contributed by atoms with van der Waals surface area (Å²) in [6, 6.07) is 10.9. The second-order valence-corrected chi connectivity index (χ2v) is 9.90. The highest BCUT2D eigenvalue weighted by atomic mass is 16.5. The van der Waals surface area contributed by atoms with Crippen LogP contribution >= 0.6 is 0 Å². The van der Waals surface area contributed by atoms with E-state index in [4.69, 9.17) is 4.74 Å². The molecule has 0 bridgehead atoms. The van der Waals surface area contributed by atoms with Gasteiger partial charge in [-0.25, -0.2) is 0 Å². The first kappa shape index (κ1) is 23.3. The Bertz CT molecular complexity index is 1170. The topological polar surface area (TPSA) is 125 Å². The van der Waals surface area contributed by atoms with Crippen molar-refractivity contribution in [2.75, 3.05) is 19.6 Å². The number of phenolic OH excluding ortho intramolecular Hbond substituents is 1. The molecule has 1 aliphatic carbocycles. The number of amides is 4. The number of nitrogens with one attached hydrogen (secondary N) is 2. The molecule has 0 aromatic heterocycles. The van der Waals surface area contributed by atoms with Gasteiger partial charge in [-0.1, -0.05) is 30.3 Å². The molecule has 0 radical (unpaired) electrons. The van der Waals surface area contributed by atoms with E-state index in [0.717, 1.165) is 24.6 Å². The molecule has 1 unspecified atom stereocenters. The molecule has 3 fully saturated rings. The number of fused-ring (bicyclic) bond motifs is 1. The smallest absolute Gasteiger partial charge is 0.257 e. The lowest BCUT2D eigenvalue weighted by molar-refractivity contribution is -0.181. The zero-order valence-corrected chi connectivity index (χ0v) is 19.4. The Labute approximate surface area is 202 Å². The van der Waals surface area contributed by atoms with Gasteiger partial charge in [0.15, 0.2) is 0 Å². The molecule has 5 rings (SSSR count). The van der Waals surface area contributed by atoms with Gasteiger partial charge in [0.2, 0.25) is 17.7 Å². The maximum absolute atomic E-state index is 13.5. The van der Waals surface area contributed by atoms with Gasteiger partial charge in [-0.2, -0.15) is 0 Å². The Morgan fingerprint density at radius 2 is 1.86 bits per heavy atom. The minimum atomic E-state index is -0.427. The van der Waals surface area contributed by atoms with Gasteiger partial charge in [0.25, 0.3) is 5.91 Å². The summed E-state index contributed by atoms with van der Waals surface area (Å²) >= 11 is 0. The third-order valence-electron chi connectivity index (χ3n) is 7.23. The van der Waals surface area contributed by atoms with Crippen molar-refractivity contribution >= 4 is 34.4 Å². The molecule has 3 aliphatic rings. The fraction of sp³-hybridized carbons (Fsp3) is 0.462. The van der Waals surface area contributed by atoms with Crippen molar-refractivity contribution in [3.63, 3.8) is 0 Å². The predicted molar refractivity (Wildman–Crippen MR) is 126 cm³/mol. The first-order chi connectivity index (χ1) is 16.8. The molecular formula is C26H29N3O6. The summed E-state index contributed by atoms with van der Waals surface area (Å²) in [5.74, 6) is -1.56. The van der Waals surface area contributed by atoms with Crippen LogP contribution in [0.1, 0.15) is 48.9 Å². The van der Waals surface area contributed by atoms with Gasteiger partial charge >= 0.3 is 0 Å². The highest BCUT2D eigenvalue weighted by molar-refractivity contribution is 6.03. The van der Waals surface area contributed by atoms with Gasteiger partial charge in [0, 0.05) is 37.7 Å². The molecule has 9 nitrogen and oxygen atoms in total. The van der Waals surface area contributed by atoms with Gasteiger partial charge in [0.05, 0.1) is 23.8 Å². The maximum Gasteiger partial charge on any atom is 0.257 e. The van der Waals surface area contributed by atoms with Crippen LogP contribution in [0.25, 0.3) is 10.8 Å². The Morgan fingerprint density at radius 3 is 2.57 bits per heavy atom. The van der Waals surface area contributed by atoms with Crippen molar-refractivity contribution in [3.05, 3.63) is 42.0 Å². The van der Waals surface area contributed by atoms with Crippen LogP contribution in [0.15, 0.2) is 36.4 Å². The number of carbonyl (C=O) groups is 4. The molecule has 1 atom stereocenters. The van der Waals surface area contributed by atoms with Crippen LogP contribution in [0.4, 0.5) is 0 Å².